The number of aliphatic hydroxyl groups excluding tert-OH is 1. The minimum Gasteiger partial charge on any atom is -0.413 e. The van der Waals surface area contributed by atoms with Gasteiger partial charge in [-0.2, -0.15) is 4.73 Å². The third kappa shape index (κ3) is 4.95. The van der Waals surface area contributed by atoms with Crippen LogP contribution in [0.2, 0.25) is 0 Å². The van der Waals surface area contributed by atoms with E-state index in [2.05, 4.69) is 15.1 Å². The number of amides is 1. The Morgan fingerprint density at radius 1 is 1.00 bits per heavy atom. The smallest absolute Gasteiger partial charge is 0.271 e. The highest BCUT2D eigenvalue weighted by atomic mass is 16.7. The van der Waals surface area contributed by atoms with Gasteiger partial charge in [-0.3, -0.25) is 9.69 Å². The van der Waals surface area contributed by atoms with E-state index in [-0.39, 0.29) is 18.1 Å². The lowest BCUT2D eigenvalue weighted by Gasteiger charge is -2.39. The van der Waals surface area contributed by atoms with Gasteiger partial charge in [0.25, 0.3) is 5.91 Å². The van der Waals surface area contributed by atoms with Crippen LogP contribution in [0.1, 0.15) is 68.3 Å². The quantitative estimate of drug-likeness (QED) is 0.608. The topological polar surface area (TPSA) is 70.0 Å². The highest BCUT2D eigenvalue weighted by Crippen LogP contribution is 2.35. The van der Waals surface area contributed by atoms with Gasteiger partial charge in [-0.15, -0.1) is 0 Å². The Balaban J connectivity index is 1.02. The molecular formula is C28H40N4O3. The molecule has 2 N–H and O–H groups in total. The van der Waals surface area contributed by atoms with Crippen molar-refractivity contribution in [2.45, 2.75) is 82.0 Å². The molecule has 3 saturated heterocycles. The normalized spacial score (nSPS) is 28.3. The molecule has 1 aromatic heterocycles. The zero-order valence-electron chi connectivity index (χ0n) is 20.8. The first-order chi connectivity index (χ1) is 17.1. The number of benzene rings is 1. The van der Waals surface area contributed by atoms with E-state index in [0.29, 0.717) is 30.3 Å². The van der Waals surface area contributed by atoms with Crippen molar-refractivity contribution >= 4 is 16.8 Å². The standard InChI is InChI=1S/C28H40N4O3/c33-25-17-23-8-9-24(18-25)31(23)15-14-30-12-10-22(11-13-30)29-28(34)27-16-21-6-1-2-7-26(21)32(27)35-19-20-4-3-5-20/h1-2,6-7,16,20,22-25,33H,3-5,8-15,17-19H2,(H,29,34)/t23-,24+,25?. The molecule has 35 heavy (non-hydrogen) atoms. The molecule has 7 heteroatoms. The van der Waals surface area contributed by atoms with Crippen LogP contribution in [-0.4, -0.2) is 82.6 Å². The van der Waals surface area contributed by atoms with E-state index in [1.165, 1.54) is 32.1 Å². The largest absolute Gasteiger partial charge is 0.413 e. The number of hydrogen-bond donors (Lipinski definition) is 2. The van der Waals surface area contributed by atoms with Gasteiger partial charge in [-0.05, 0) is 69.4 Å². The first-order valence-electron chi connectivity index (χ1n) is 13.8. The van der Waals surface area contributed by atoms with Gasteiger partial charge in [-0.25, -0.2) is 0 Å². The number of para-hydroxylation sites is 1. The summed E-state index contributed by atoms with van der Waals surface area (Å²) in [6.07, 6.45) is 10.0. The van der Waals surface area contributed by atoms with Gasteiger partial charge in [-0.1, -0.05) is 24.6 Å². The summed E-state index contributed by atoms with van der Waals surface area (Å²) in [5.74, 6) is 0.582. The Kier molecular flexibility index (Phi) is 6.74. The molecule has 2 bridgehead atoms. The third-order valence-electron chi connectivity index (χ3n) is 9.02. The Morgan fingerprint density at radius 2 is 1.74 bits per heavy atom. The molecule has 1 amide bonds. The minimum absolute atomic E-state index is 0.0308. The van der Waals surface area contributed by atoms with Gasteiger partial charge in [0, 0.05) is 49.7 Å². The molecule has 2 aromatic rings. The van der Waals surface area contributed by atoms with Crippen LogP contribution in [0.25, 0.3) is 10.9 Å². The third-order valence-corrected chi connectivity index (χ3v) is 9.02. The maximum atomic E-state index is 13.3. The van der Waals surface area contributed by atoms with Crippen molar-refractivity contribution in [2.75, 3.05) is 32.8 Å². The number of rotatable bonds is 8. The molecule has 3 aliphatic heterocycles. The molecule has 4 fully saturated rings. The molecule has 4 heterocycles. The van der Waals surface area contributed by atoms with Gasteiger partial charge in [0.05, 0.1) is 11.6 Å². The molecule has 1 aliphatic carbocycles. The molecule has 1 aromatic carbocycles. The first-order valence-corrected chi connectivity index (χ1v) is 13.8. The van der Waals surface area contributed by atoms with Crippen LogP contribution < -0.4 is 10.2 Å². The number of nitrogens with one attached hydrogen (secondary N) is 1. The fraction of sp³-hybridized carbons (Fsp3) is 0.679. The minimum atomic E-state index is -0.0922. The lowest BCUT2D eigenvalue weighted by molar-refractivity contribution is 0.0283. The van der Waals surface area contributed by atoms with Crippen LogP contribution in [0.4, 0.5) is 0 Å². The lowest BCUT2D eigenvalue weighted by Crippen LogP contribution is -2.50. The number of likely N-dealkylation sites (tertiary alicyclic amines) is 1. The molecule has 6 rings (SSSR count). The average Bonchev–Trinajstić information content (AvgIpc) is 3.32. The fourth-order valence-corrected chi connectivity index (χ4v) is 6.69. The van der Waals surface area contributed by atoms with Gasteiger partial charge in [0.15, 0.2) is 0 Å². The summed E-state index contributed by atoms with van der Waals surface area (Å²) in [7, 11) is 0. The second kappa shape index (κ2) is 10.1. The van der Waals surface area contributed by atoms with E-state index >= 15 is 0 Å². The molecule has 190 valence electrons. The Morgan fingerprint density at radius 3 is 2.46 bits per heavy atom. The van der Waals surface area contributed by atoms with Gasteiger partial charge in [0.1, 0.15) is 12.3 Å². The summed E-state index contributed by atoms with van der Waals surface area (Å²) in [5.41, 5.74) is 1.57. The monoisotopic (exact) mass is 480 g/mol. The van der Waals surface area contributed by atoms with Gasteiger partial charge in [0.2, 0.25) is 0 Å². The van der Waals surface area contributed by atoms with Crippen LogP contribution in [0, 0.1) is 5.92 Å². The van der Waals surface area contributed by atoms with Gasteiger partial charge >= 0.3 is 0 Å². The molecule has 3 atom stereocenters. The average molecular weight is 481 g/mol. The second-order valence-electron chi connectivity index (χ2n) is 11.3. The second-order valence-corrected chi connectivity index (χ2v) is 11.3. The fourth-order valence-electron chi connectivity index (χ4n) is 6.69. The van der Waals surface area contributed by atoms with Gasteiger partial charge < -0.3 is 20.2 Å². The highest BCUT2D eigenvalue weighted by Gasteiger charge is 2.40. The number of nitrogens with zero attached hydrogens (tertiary/aromatic N) is 3. The van der Waals surface area contributed by atoms with E-state index < -0.39 is 0 Å². The Labute approximate surface area is 208 Å². The molecule has 7 nitrogen and oxygen atoms in total. The summed E-state index contributed by atoms with van der Waals surface area (Å²) in [4.78, 5) is 24.7. The first kappa shape index (κ1) is 23.3. The SMILES string of the molecule is O=C(NC1CCN(CCN2[C@@H]3CC[C@H]2CC(O)C3)CC1)c1cc2ccccc2n1OCC1CCC1. The molecular weight excluding hydrogens is 440 g/mol. The number of carbonyl (C=O) groups excluding carboxylic acids is 1. The van der Waals surface area contributed by atoms with Crippen molar-refractivity contribution in [3.8, 4) is 0 Å². The number of aliphatic hydroxyl groups is 1. The number of piperidine rings is 2. The molecule has 1 unspecified atom stereocenters. The van der Waals surface area contributed by atoms with Crippen LogP contribution >= 0.6 is 0 Å². The van der Waals surface area contributed by atoms with Crippen molar-refractivity contribution in [1.82, 2.24) is 19.8 Å². The van der Waals surface area contributed by atoms with Crippen LogP contribution in [0.3, 0.4) is 0 Å². The summed E-state index contributed by atoms with van der Waals surface area (Å²) in [5, 5.41) is 14.4. The van der Waals surface area contributed by atoms with Crippen molar-refractivity contribution in [3.63, 3.8) is 0 Å². The number of fused-ring (bicyclic) bond motifs is 3. The number of hydrogen-bond acceptors (Lipinski definition) is 5. The predicted molar refractivity (Wildman–Crippen MR) is 136 cm³/mol. The molecule has 0 spiro atoms. The predicted octanol–water partition coefficient (Wildman–Crippen LogP) is 3.05. The van der Waals surface area contributed by atoms with Crippen molar-refractivity contribution in [1.29, 1.82) is 0 Å². The molecule has 1 saturated carbocycles. The summed E-state index contributed by atoms with van der Waals surface area (Å²) >= 11 is 0. The molecule has 0 radical (unpaired) electrons. The van der Waals surface area contributed by atoms with Crippen LogP contribution in [0.15, 0.2) is 30.3 Å². The van der Waals surface area contributed by atoms with E-state index in [9.17, 15) is 9.90 Å². The van der Waals surface area contributed by atoms with Crippen LogP contribution in [0.5, 0.6) is 0 Å². The number of carbonyl (C=O) groups is 1. The summed E-state index contributed by atoms with van der Waals surface area (Å²) < 4.78 is 1.77. The zero-order chi connectivity index (χ0) is 23.8. The number of aromatic nitrogens is 1. The van der Waals surface area contributed by atoms with Crippen molar-refractivity contribution in [3.05, 3.63) is 36.0 Å². The molecule has 4 aliphatic rings. The Bertz CT molecular complexity index is 1010. The van der Waals surface area contributed by atoms with Crippen LogP contribution in [-0.2, 0) is 0 Å². The maximum absolute atomic E-state index is 13.3. The summed E-state index contributed by atoms with van der Waals surface area (Å²) in [6.45, 7) is 4.93. The highest BCUT2D eigenvalue weighted by molar-refractivity contribution is 5.98. The summed E-state index contributed by atoms with van der Waals surface area (Å²) in [6, 6.07) is 11.4. The van der Waals surface area contributed by atoms with E-state index in [1.807, 2.05) is 30.3 Å². The lowest BCUT2D eigenvalue weighted by atomic mass is 9.86. The van der Waals surface area contributed by atoms with Crippen molar-refractivity contribution < 1.29 is 14.7 Å². The zero-order valence-corrected chi connectivity index (χ0v) is 20.8. The van der Waals surface area contributed by atoms with E-state index in [1.54, 1.807) is 4.73 Å². The van der Waals surface area contributed by atoms with E-state index in [4.69, 9.17) is 4.84 Å². The Hall–Kier alpha value is -2.09. The van der Waals surface area contributed by atoms with E-state index in [0.717, 1.165) is 62.8 Å². The maximum Gasteiger partial charge on any atom is 0.271 e. The van der Waals surface area contributed by atoms with Crippen molar-refractivity contribution in [2.24, 2.45) is 5.92 Å².